The summed E-state index contributed by atoms with van der Waals surface area (Å²) in [6.45, 7) is 1.58. The Balaban J connectivity index is 2.83. The Hall–Kier alpha value is -0.940. The first-order chi connectivity index (χ1) is 7.28. The Kier molecular flexibility index (Phi) is 4.04. The zero-order valence-corrected chi connectivity index (χ0v) is 9.14. The fraction of sp³-hybridized carbons (Fsp3) is 0.400. The summed E-state index contributed by atoms with van der Waals surface area (Å²) in [7, 11) is 0. The lowest BCUT2D eigenvalue weighted by atomic mass is 10.1. The number of hydrogen-bond acceptors (Lipinski definition) is 2. The van der Waals surface area contributed by atoms with Crippen molar-refractivity contribution in [3.8, 4) is 5.75 Å². The monoisotopic (exact) mass is 254 g/mol. The van der Waals surface area contributed by atoms with E-state index in [-0.39, 0.29) is 5.02 Å². The summed E-state index contributed by atoms with van der Waals surface area (Å²) in [5.41, 5.74) is 0.648. The van der Waals surface area contributed by atoms with E-state index >= 15 is 0 Å². The Labute approximate surface area is 95.6 Å². The third kappa shape index (κ3) is 4.28. The first-order valence-corrected chi connectivity index (χ1v) is 4.88. The van der Waals surface area contributed by atoms with Crippen molar-refractivity contribution in [2.24, 2.45) is 0 Å². The molecule has 0 aromatic heterocycles. The van der Waals surface area contributed by atoms with E-state index < -0.39 is 18.2 Å². The highest BCUT2D eigenvalue weighted by Crippen LogP contribution is 2.30. The molecule has 1 rings (SSSR count). The summed E-state index contributed by atoms with van der Waals surface area (Å²) in [5.74, 6) is -0.441. The van der Waals surface area contributed by atoms with Crippen molar-refractivity contribution in [1.29, 1.82) is 0 Å². The predicted molar refractivity (Wildman–Crippen MR) is 53.5 cm³/mol. The molecule has 16 heavy (non-hydrogen) atoms. The zero-order chi connectivity index (χ0) is 12.3. The van der Waals surface area contributed by atoms with E-state index in [2.05, 4.69) is 4.74 Å². The SMILES string of the molecule is C[C@H](O)Cc1ccc(OC(F)(F)F)c(Cl)c1. The normalized spacial score (nSPS) is 13.6. The van der Waals surface area contributed by atoms with E-state index in [1.54, 1.807) is 6.92 Å². The van der Waals surface area contributed by atoms with Gasteiger partial charge in [0.25, 0.3) is 0 Å². The van der Waals surface area contributed by atoms with Gasteiger partial charge in [0.2, 0.25) is 0 Å². The second-order valence-electron chi connectivity index (χ2n) is 3.37. The molecule has 0 fully saturated rings. The zero-order valence-electron chi connectivity index (χ0n) is 8.38. The average molecular weight is 255 g/mol. The molecule has 0 radical (unpaired) electrons. The van der Waals surface area contributed by atoms with E-state index in [1.165, 1.54) is 12.1 Å². The Morgan fingerprint density at radius 3 is 2.50 bits per heavy atom. The van der Waals surface area contributed by atoms with Gasteiger partial charge < -0.3 is 9.84 Å². The fourth-order valence-corrected chi connectivity index (χ4v) is 1.46. The third-order valence-corrected chi connectivity index (χ3v) is 2.05. The van der Waals surface area contributed by atoms with E-state index in [0.717, 1.165) is 6.07 Å². The van der Waals surface area contributed by atoms with Crippen LogP contribution in [0.4, 0.5) is 13.2 Å². The lowest BCUT2D eigenvalue weighted by molar-refractivity contribution is -0.274. The van der Waals surface area contributed by atoms with Crippen molar-refractivity contribution in [1.82, 2.24) is 0 Å². The van der Waals surface area contributed by atoms with Crippen molar-refractivity contribution < 1.29 is 23.0 Å². The van der Waals surface area contributed by atoms with E-state index in [4.69, 9.17) is 16.7 Å². The molecule has 0 saturated carbocycles. The number of alkyl halides is 3. The van der Waals surface area contributed by atoms with Gasteiger partial charge in [0.15, 0.2) is 0 Å². The second-order valence-corrected chi connectivity index (χ2v) is 3.77. The van der Waals surface area contributed by atoms with Crippen LogP contribution in [-0.2, 0) is 6.42 Å². The summed E-state index contributed by atoms with van der Waals surface area (Å²) in [6.07, 6.45) is -5.01. The maximum atomic E-state index is 11.9. The molecule has 0 bridgehead atoms. The summed E-state index contributed by atoms with van der Waals surface area (Å²) in [6, 6.07) is 3.91. The van der Waals surface area contributed by atoms with Crippen LogP contribution in [-0.4, -0.2) is 17.6 Å². The number of rotatable bonds is 3. The van der Waals surface area contributed by atoms with E-state index in [1.807, 2.05) is 0 Å². The molecule has 0 aliphatic heterocycles. The minimum absolute atomic E-state index is 0.129. The number of ether oxygens (including phenoxy) is 1. The average Bonchev–Trinajstić information content (AvgIpc) is 2.06. The molecule has 1 N–H and O–H groups in total. The number of aliphatic hydroxyl groups excluding tert-OH is 1. The Morgan fingerprint density at radius 2 is 2.06 bits per heavy atom. The molecule has 1 aromatic carbocycles. The van der Waals surface area contributed by atoms with Crippen LogP contribution in [0.5, 0.6) is 5.75 Å². The van der Waals surface area contributed by atoms with Crippen molar-refractivity contribution in [3.05, 3.63) is 28.8 Å². The van der Waals surface area contributed by atoms with Crippen LogP contribution in [0.3, 0.4) is 0 Å². The van der Waals surface area contributed by atoms with Crippen molar-refractivity contribution >= 4 is 11.6 Å². The van der Waals surface area contributed by atoms with Gasteiger partial charge in [-0.1, -0.05) is 17.7 Å². The molecule has 1 atom stereocenters. The van der Waals surface area contributed by atoms with Gasteiger partial charge in [-0.3, -0.25) is 0 Å². The van der Waals surface area contributed by atoms with Gasteiger partial charge in [0.05, 0.1) is 11.1 Å². The molecular weight excluding hydrogens is 245 g/mol. The molecule has 2 nitrogen and oxygen atoms in total. The highest BCUT2D eigenvalue weighted by molar-refractivity contribution is 6.32. The van der Waals surface area contributed by atoms with Gasteiger partial charge >= 0.3 is 6.36 Å². The lowest BCUT2D eigenvalue weighted by Gasteiger charge is -2.11. The van der Waals surface area contributed by atoms with Crippen LogP contribution in [0, 0.1) is 0 Å². The molecule has 0 amide bonds. The highest BCUT2D eigenvalue weighted by Gasteiger charge is 2.31. The number of halogens is 4. The van der Waals surface area contributed by atoms with E-state index in [9.17, 15) is 13.2 Å². The molecule has 90 valence electrons. The van der Waals surface area contributed by atoms with Crippen LogP contribution >= 0.6 is 11.6 Å². The lowest BCUT2D eigenvalue weighted by Crippen LogP contribution is -2.17. The first kappa shape index (κ1) is 13.1. The number of aliphatic hydroxyl groups is 1. The molecule has 0 heterocycles. The Morgan fingerprint density at radius 1 is 1.44 bits per heavy atom. The molecule has 0 aliphatic carbocycles. The van der Waals surface area contributed by atoms with Gasteiger partial charge in [-0.15, -0.1) is 13.2 Å². The number of benzene rings is 1. The van der Waals surface area contributed by atoms with Crippen LogP contribution in [0.15, 0.2) is 18.2 Å². The molecule has 0 aliphatic rings. The first-order valence-electron chi connectivity index (χ1n) is 4.50. The highest BCUT2D eigenvalue weighted by atomic mass is 35.5. The van der Waals surface area contributed by atoms with Crippen LogP contribution < -0.4 is 4.74 Å². The van der Waals surface area contributed by atoms with Crippen molar-refractivity contribution in [2.45, 2.75) is 25.8 Å². The number of hydrogen-bond donors (Lipinski definition) is 1. The standard InChI is InChI=1S/C10H10ClF3O2/c1-6(15)4-7-2-3-9(8(11)5-7)16-10(12,13)14/h2-3,5-6,15H,4H2,1H3/t6-/m0/s1. The van der Waals surface area contributed by atoms with Gasteiger partial charge in [0.1, 0.15) is 5.75 Å². The van der Waals surface area contributed by atoms with Gasteiger partial charge in [-0.25, -0.2) is 0 Å². The molecule has 1 aromatic rings. The maximum absolute atomic E-state index is 11.9. The fourth-order valence-electron chi connectivity index (χ4n) is 1.22. The summed E-state index contributed by atoms with van der Waals surface area (Å²) in [4.78, 5) is 0. The van der Waals surface area contributed by atoms with Crippen LogP contribution in [0.1, 0.15) is 12.5 Å². The van der Waals surface area contributed by atoms with Crippen LogP contribution in [0.2, 0.25) is 5.02 Å². The molecule has 0 spiro atoms. The minimum atomic E-state index is -4.75. The van der Waals surface area contributed by atoms with Crippen molar-refractivity contribution in [2.75, 3.05) is 0 Å². The van der Waals surface area contributed by atoms with Crippen LogP contribution in [0.25, 0.3) is 0 Å². The predicted octanol–water partition coefficient (Wildman–Crippen LogP) is 3.16. The quantitative estimate of drug-likeness (QED) is 0.898. The largest absolute Gasteiger partial charge is 0.573 e. The summed E-state index contributed by atoms with van der Waals surface area (Å²) >= 11 is 5.61. The third-order valence-electron chi connectivity index (χ3n) is 1.75. The summed E-state index contributed by atoms with van der Waals surface area (Å²) < 4.78 is 39.4. The molecule has 0 unspecified atom stereocenters. The van der Waals surface area contributed by atoms with Gasteiger partial charge in [0, 0.05) is 0 Å². The molecule has 0 saturated heterocycles. The second kappa shape index (κ2) is 4.93. The minimum Gasteiger partial charge on any atom is -0.404 e. The molecule has 6 heteroatoms. The Bertz CT molecular complexity index is 364. The van der Waals surface area contributed by atoms with Gasteiger partial charge in [-0.05, 0) is 31.0 Å². The van der Waals surface area contributed by atoms with Crippen molar-refractivity contribution in [3.63, 3.8) is 0 Å². The topological polar surface area (TPSA) is 29.5 Å². The summed E-state index contributed by atoms with van der Waals surface area (Å²) in [5, 5.41) is 8.97. The maximum Gasteiger partial charge on any atom is 0.573 e. The molecular formula is C10H10ClF3O2. The van der Waals surface area contributed by atoms with Gasteiger partial charge in [-0.2, -0.15) is 0 Å². The smallest absolute Gasteiger partial charge is 0.404 e. The van der Waals surface area contributed by atoms with E-state index in [0.29, 0.717) is 12.0 Å².